The van der Waals surface area contributed by atoms with Gasteiger partial charge in [-0.25, -0.2) is 8.42 Å². The third kappa shape index (κ3) is 4.39. The molecule has 2 aromatic rings. The third-order valence-corrected chi connectivity index (χ3v) is 5.93. The normalized spacial score (nSPS) is 12.1. The molecule has 0 unspecified atom stereocenters. The highest BCUT2D eigenvalue weighted by atomic mass is 32.2. The lowest BCUT2D eigenvalue weighted by molar-refractivity contribution is 0.319. The van der Waals surface area contributed by atoms with E-state index in [1.165, 1.54) is 30.3 Å². The molecule has 0 radical (unpaired) electrons. The van der Waals surface area contributed by atoms with Crippen LogP contribution in [0.4, 0.5) is 22.7 Å². The molecule has 0 amide bonds. The zero-order chi connectivity index (χ0) is 18.8. The topological polar surface area (TPSA) is 173 Å². The van der Waals surface area contributed by atoms with Crippen molar-refractivity contribution in [2.24, 2.45) is 0 Å². The Kier molecular flexibility index (Phi) is 5.23. The van der Waals surface area contributed by atoms with Crippen LogP contribution in [-0.2, 0) is 20.0 Å². The first-order chi connectivity index (χ1) is 11.5. The largest absolute Gasteiger partial charge is 0.398 e. The van der Waals surface area contributed by atoms with Crippen molar-refractivity contribution in [1.82, 2.24) is 0 Å². The average molecular weight is 387 g/mol. The van der Waals surface area contributed by atoms with Gasteiger partial charge in [-0.15, -0.1) is 0 Å². The average Bonchev–Trinajstić information content (AvgIpc) is 2.48. The fourth-order valence-electron chi connectivity index (χ4n) is 2.10. The van der Waals surface area contributed by atoms with Crippen molar-refractivity contribution < 1.29 is 26.5 Å². The van der Waals surface area contributed by atoms with Crippen molar-refractivity contribution in [3.63, 3.8) is 0 Å². The van der Waals surface area contributed by atoms with E-state index in [2.05, 4.69) is 5.32 Å². The third-order valence-electron chi connectivity index (χ3n) is 3.31. The summed E-state index contributed by atoms with van der Waals surface area (Å²) >= 11 is 0. The summed E-state index contributed by atoms with van der Waals surface area (Å²) < 4.78 is 55.1. The van der Waals surface area contributed by atoms with E-state index in [4.69, 9.17) is 21.1 Å². The minimum absolute atomic E-state index is 0.0224. The van der Waals surface area contributed by atoms with Crippen molar-refractivity contribution in [2.45, 2.75) is 9.79 Å². The molecule has 0 aliphatic carbocycles. The Balaban J connectivity index is 2.31. The lowest BCUT2D eigenvalue weighted by atomic mass is 10.2. The van der Waals surface area contributed by atoms with E-state index in [0.717, 1.165) is 6.07 Å². The van der Waals surface area contributed by atoms with Crippen LogP contribution < -0.4 is 16.8 Å². The summed E-state index contributed by atoms with van der Waals surface area (Å²) in [6.45, 7) is -0.498. The molecule has 2 rings (SSSR count). The number of nitrogens with two attached hydrogens (primary N) is 2. The molecule has 0 saturated carbocycles. The molecular formula is C14H17N3O6S2. The quantitative estimate of drug-likeness (QED) is 0.351. The fraction of sp³-hybridized carbons (Fsp3) is 0.143. The van der Waals surface area contributed by atoms with Gasteiger partial charge in [0.2, 0.25) is 0 Å². The highest BCUT2D eigenvalue weighted by molar-refractivity contribution is 7.91. The summed E-state index contributed by atoms with van der Waals surface area (Å²) in [5.41, 5.74) is 12.2. The number of benzene rings is 2. The van der Waals surface area contributed by atoms with Gasteiger partial charge < -0.3 is 21.9 Å². The summed E-state index contributed by atoms with van der Waals surface area (Å²) in [5.74, 6) is -0.410. The predicted molar refractivity (Wildman–Crippen MR) is 93.9 cm³/mol. The lowest BCUT2D eigenvalue weighted by Crippen LogP contribution is -2.10. The van der Waals surface area contributed by atoms with Crippen molar-refractivity contribution in [1.29, 1.82) is 0 Å². The van der Waals surface area contributed by atoms with Crippen molar-refractivity contribution in [2.75, 3.05) is 29.1 Å². The number of hydrogen-bond acceptors (Lipinski definition) is 8. The first-order valence-electron chi connectivity index (χ1n) is 6.92. The Hall–Kier alpha value is -2.34. The van der Waals surface area contributed by atoms with Crippen LogP contribution >= 0.6 is 0 Å². The molecule has 0 bridgehead atoms. The number of nitrogen functional groups attached to an aromatic ring is 2. The molecule has 9 nitrogen and oxygen atoms in total. The van der Waals surface area contributed by atoms with E-state index < -0.39 is 37.2 Å². The smallest absolute Gasteiger partial charge is 0.296 e. The van der Waals surface area contributed by atoms with Crippen LogP contribution in [0.1, 0.15) is 0 Å². The standard InChI is InChI=1S/C14H17N3O6S2/c15-11-8-10(24(19,20)6-5-18)2-3-13(11)17-9-1-4-14(12(16)7-9)25(21,22)23/h1-4,7-8,17-18H,5-6,15-16H2,(H,21,22,23). The van der Waals surface area contributed by atoms with Gasteiger partial charge in [-0.2, -0.15) is 8.42 Å². The van der Waals surface area contributed by atoms with Crippen LogP contribution in [0.5, 0.6) is 0 Å². The number of sulfone groups is 1. The van der Waals surface area contributed by atoms with Gasteiger partial charge in [-0.3, -0.25) is 4.55 Å². The van der Waals surface area contributed by atoms with Crippen LogP contribution in [0, 0.1) is 0 Å². The Morgan fingerprint density at radius 2 is 1.64 bits per heavy atom. The van der Waals surface area contributed by atoms with Crippen LogP contribution in [0.25, 0.3) is 0 Å². The van der Waals surface area contributed by atoms with E-state index in [1.807, 2.05) is 0 Å². The summed E-state index contributed by atoms with van der Waals surface area (Å²) in [7, 11) is -8.05. The van der Waals surface area contributed by atoms with E-state index in [1.54, 1.807) is 0 Å². The van der Waals surface area contributed by atoms with E-state index in [0.29, 0.717) is 11.4 Å². The predicted octanol–water partition coefficient (Wildman–Crippen LogP) is 0.607. The van der Waals surface area contributed by atoms with Gasteiger partial charge in [0, 0.05) is 5.69 Å². The Morgan fingerprint density at radius 3 is 2.16 bits per heavy atom. The number of rotatable bonds is 6. The van der Waals surface area contributed by atoms with Gasteiger partial charge in [0.05, 0.1) is 34.3 Å². The molecule has 0 spiro atoms. The van der Waals surface area contributed by atoms with E-state index in [-0.39, 0.29) is 16.3 Å². The molecule has 0 saturated heterocycles. The number of hydrogen-bond donors (Lipinski definition) is 5. The van der Waals surface area contributed by atoms with Gasteiger partial charge >= 0.3 is 0 Å². The molecule has 2 aromatic carbocycles. The van der Waals surface area contributed by atoms with Gasteiger partial charge in [0.25, 0.3) is 10.1 Å². The van der Waals surface area contributed by atoms with Crippen LogP contribution in [0.2, 0.25) is 0 Å². The van der Waals surface area contributed by atoms with Gasteiger partial charge in [0.1, 0.15) is 4.90 Å². The number of aliphatic hydroxyl groups excluding tert-OH is 1. The van der Waals surface area contributed by atoms with Crippen LogP contribution in [-0.4, -0.2) is 38.9 Å². The first kappa shape index (κ1) is 19.0. The Bertz CT molecular complexity index is 1000. The van der Waals surface area contributed by atoms with Gasteiger partial charge in [-0.05, 0) is 36.4 Å². The molecule has 0 aliphatic heterocycles. The molecule has 0 heterocycles. The Labute approximate surface area is 144 Å². The molecule has 0 aromatic heterocycles. The maximum atomic E-state index is 11.9. The highest BCUT2D eigenvalue weighted by Crippen LogP contribution is 2.29. The lowest BCUT2D eigenvalue weighted by Gasteiger charge is -2.12. The SMILES string of the molecule is Nc1cc(S(=O)(=O)CCO)ccc1Nc1ccc(S(=O)(=O)O)c(N)c1. The summed E-state index contributed by atoms with van der Waals surface area (Å²) in [6.07, 6.45) is 0. The van der Waals surface area contributed by atoms with Crippen LogP contribution in [0.15, 0.2) is 46.2 Å². The molecule has 7 N–H and O–H groups in total. The van der Waals surface area contributed by atoms with Gasteiger partial charge in [0.15, 0.2) is 9.84 Å². The zero-order valence-electron chi connectivity index (χ0n) is 12.9. The van der Waals surface area contributed by atoms with Gasteiger partial charge in [-0.1, -0.05) is 0 Å². The highest BCUT2D eigenvalue weighted by Gasteiger charge is 2.16. The zero-order valence-corrected chi connectivity index (χ0v) is 14.5. The second-order valence-electron chi connectivity index (χ2n) is 5.14. The Morgan fingerprint density at radius 1 is 0.960 bits per heavy atom. The van der Waals surface area contributed by atoms with Crippen molar-refractivity contribution in [3.8, 4) is 0 Å². The van der Waals surface area contributed by atoms with Crippen molar-refractivity contribution >= 4 is 42.7 Å². The second-order valence-corrected chi connectivity index (χ2v) is 8.64. The molecule has 25 heavy (non-hydrogen) atoms. The minimum atomic E-state index is -4.42. The van der Waals surface area contributed by atoms with E-state index in [9.17, 15) is 16.8 Å². The molecule has 11 heteroatoms. The number of anilines is 4. The summed E-state index contributed by atoms with van der Waals surface area (Å²) in [5, 5.41) is 11.7. The van der Waals surface area contributed by atoms with Crippen molar-refractivity contribution in [3.05, 3.63) is 36.4 Å². The molecule has 0 aliphatic rings. The molecule has 136 valence electrons. The summed E-state index contributed by atoms with van der Waals surface area (Å²) in [4.78, 5) is -0.442. The summed E-state index contributed by atoms with van der Waals surface area (Å²) in [6, 6.07) is 7.81. The minimum Gasteiger partial charge on any atom is -0.398 e. The van der Waals surface area contributed by atoms with E-state index >= 15 is 0 Å². The molecule has 0 fully saturated rings. The molecular weight excluding hydrogens is 370 g/mol. The maximum Gasteiger partial charge on any atom is 0.296 e. The van der Waals surface area contributed by atoms with Crippen LogP contribution in [0.3, 0.4) is 0 Å². The number of aliphatic hydroxyl groups is 1. The second kappa shape index (κ2) is 6.88. The number of nitrogens with one attached hydrogen (secondary N) is 1. The monoisotopic (exact) mass is 387 g/mol. The maximum absolute atomic E-state index is 11.9. The fourth-order valence-corrected chi connectivity index (χ4v) is 3.76. The molecule has 0 atom stereocenters. The first-order valence-corrected chi connectivity index (χ1v) is 10.0.